The molecule has 0 spiro atoms. The molecule has 9 nitrogen and oxygen atoms in total. The zero-order chi connectivity index (χ0) is 28.3. The van der Waals surface area contributed by atoms with Gasteiger partial charge in [0.1, 0.15) is 24.1 Å². The van der Waals surface area contributed by atoms with Crippen LogP contribution >= 0.6 is 0 Å². The van der Waals surface area contributed by atoms with E-state index in [0.29, 0.717) is 28.8 Å². The van der Waals surface area contributed by atoms with E-state index in [4.69, 9.17) is 0 Å². The highest BCUT2D eigenvalue weighted by atomic mass is 16.2. The van der Waals surface area contributed by atoms with Gasteiger partial charge >= 0.3 is 0 Å². The number of aromatic nitrogens is 4. The smallest absolute Gasteiger partial charge is 0.245 e. The third kappa shape index (κ3) is 5.31. The van der Waals surface area contributed by atoms with Crippen LogP contribution in [0.2, 0.25) is 0 Å². The van der Waals surface area contributed by atoms with E-state index in [1.807, 2.05) is 32.0 Å². The van der Waals surface area contributed by atoms with Crippen molar-refractivity contribution in [3.63, 3.8) is 0 Å². The maximum absolute atomic E-state index is 13.8. The number of likely N-dealkylation sites (tertiary alicyclic amines) is 1. The number of piperidine rings is 1. The van der Waals surface area contributed by atoms with Gasteiger partial charge in [-0.15, -0.1) is 0 Å². The van der Waals surface area contributed by atoms with Crippen molar-refractivity contribution < 1.29 is 14.4 Å². The number of hydrogen-bond acceptors (Lipinski definition) is 6. The Morgan fingerprint density at radius 3 is 2.46 bits per heavy atom. The van der Waals surface area contributed by atoms with Gasteiger partial charge in [-0.1, -0.05) is 33.8 Å². The van der Waals surface area contributed by atoms with Gasteiger partial charge in [0.25, 0.3) is 0 Å². The highest BCUT2D eigenvalue weighted by Gasteiger charge is 2.64. The number of amides is 2. The maximum Gasteiger partial charge on any atom is 0.245 e. The minimum absolute atomic E-state index is 0.0143. The summed E-state index contributed by atoms with van der Waals surface area (Å²) in [7, 11) is 0. The molecule has 1 N–H and O–H groups in total. The van der Waals surface area contributed by atoms with E-state index in [1.165, 1.54) is 6.92 Å². The Labute approximate surface area is 229 Å². The molecule has 3 aromatic rings. The Kier molecular flexibility index (Phi) is 6.59. The molecule has 1 aliphatic heterocycles. The van der Waals surface area contributed by atoms with E-state index in [-0.39, 0.29) is 47.1 Å². The Hall–Kier alpha value is -3.62. The fraction of sp³-hybridized carbons (Fsp3) is 0.533. The lowest BCUT2D eigenvalue weighted by Gasteiger charge is -2.30. The van der Waals surface area contributed by atoms with E-state index in [2.05, 4.69) is 48.1 Å². The summed E-state index contributed by atoms with van der Waals surface area (Å²) in [5.41, 5.74) is 2.78. The van der Waals surface area contributed by atoms with Gasteiger partial charge in [0, 0.05) is 42.4 Å². The molecular formula is C30H38N6O3. The summed E-state index contributed by atoms with van der Waals surface area (Å²) in [6, 6.07) is 5.27. The van der Waals surface area contributed by atoms with Crippen LogP contribution in [-0.4, -0.2) is 60.4 Å². The monoisotopic (exact) mass is 530 g/mol. The van der Waals surface area contributed by atoms with Crippen molar-refractivity contribution in [3.8, 4) is 11.1 Å². The van der Waals surface area contributed by atoms with Crippen LogP contribution in [-0.2, 0) is 16.1 Å². The van der Waals surface area contributed by atoms with Crippen molar-refractivity contribution in [1.82, 2.24) is 30.0 Å². The van der Waals surface area contributed by atoms with Gasteiger partial charge in [-0.2, -0.15) is 5.10 Å². The van der Waals surface area contributed by atoms with Gasteiger partial charge in [0.2, 0.25) is 11.8 Å². The topological polar surface area (TPSA) is 110 Å². The van der Waals surface area contributed by atoms with Crippen LogP contribution in [0.5, 0.6) is 0 Å². The molecule has 5 rings (SSSR count). The molecule has 1 aromatic carbocycles. The van der Waals surface area contributed by atoms with E-state index >= 15 is 0 Å². The molecule has 206 valence electrons. The Balaban J connectivity index is 1.40. The molecule has 9 heteroatoms. The minimum Gasteiger partial charge on any atom is -0.352 e. The largest absolute Gasteiger partial charge is 0.352 e. The number of nitrogens with one attached hydrogen (secondary N) is 1. The SMILES string of the molecule is CC(=O)c1nn(CC(=O)N2[C@H](C(=O)N[C@@H](C)CC(C)(C)C)C[C@@]3(C)C[C@@H]23)c2ccc(-c3cnc(C)nc3)cc12. The first-order chi connectivity index (χ1) is 18.3. The van der Waals surface area contributed by atoms with Crippen LogP contribution in [0.15, 0.2) is 30.6 Å². The summed E-state index contributed by atoms with van der Waals surface area (Å²) < 4.78 is 1.60. The van der Waals surface area contributed by atoms with Crippen LogP contribution in [0.1, 0.15) is 77.1 Å². The first-order valence-electron chi connectivity index (χ1n) is 13.7. The van der Waals surface area contributed by atoms with Crippen molar-refractivity contribution in [1.29, 1.82) is 0 Å². The van der Waals surface area contributed by atoms with Crippen molar-refractivity contribution in [2.24, 2.45) is 10.8 Å². The molecule has 1 aliphatic carbocycles. The number of fused-ring (bicyclic) bond motifs is 2. The average Bonchev–Trinajstić information content (AvgIpc) is 3.21. The van der Waals surface area contributed by atoms with Gasteiger partial charge in [-0.3, -0.25) is 19.1 Å². The summed E-state index contributed by atoms with van der Waals surface area (Å²) in [6.45, 7) is 13.9. The van der Waals surface area contributed by atoms with Gasteiger partial charge in [-0.25, -0.2) is 9.97 Å². The summed E-state index contributed by atoms with van der Waals surface area (Å²) in [6.07, 6.45) is 5.92. The molecule has 3 heterocycles. The van der Waals surface area contributed by atoms with Gasteiger partial charge in [-0.05, 0) is 61.6 Å². The number of Topliss-reactive ketones (excluding diaryl/α,β-unsaturated/α-hetero) is 1. The number of benzene rings is 1. The molecule has 2 aliphatic rings. The van der Waals surface area contributed by atoms with Crippen molar-refractivity contribution in [2.75, 3.05) is 0 Å². The lowest BCUT2D eigenvalue weighted by Crippen LogP contribution is -2.51. The van der Waals surface area contributed by atoms with Crippen molar-refractivity contribution in [3.05, 3.63) is 42.1 Å². The van der Waals surface area contributed by atoms with E-state index in [9.17, 15) is 14.4 Å². The van der Waals surface area contributed by atoms with Gasteiger partial charge in [0.05, 0.1) is 5.52 Å². The van der Waals surface area contributed by atoms with Crippen molar-refractivity contribution >= 4 is 28.5 Å². The molecule has 2 aromatic heterocycles. The fourth-order valence-corrected chi connectivity index (χ4v) is 6.16. The normalized spacial score (nSPS) is 23.0. The van der Waals surface area contributed by atoms with Crippen LogP contribution in [0.4, 0.5) is 0 Å². The number of ketones is 1. The molecule has 2 amide bonds. The molecular weight excluding hydrogens is 492 g/mol. The zero-order valence-electron chi connectivity index (χ0n) is 23.9. The maximum atomic E-state index is 13.8. The third-order valence-corrected chi connectivity index (χ3v) is 8.02. The number of aryl methyl sites for hydroxylation is 1. The average molecular weight is 531 g/mol. The third-order valence-electron chi connectivity index (χ3n) is 8.02. The molecule has 0 unspecified atom stereocenters. The van der Waals surface area contributed by atoms with E-state index in [0.717, 1.165) is 24.0 Å². The lowest BCUT2D eigenvalue weighted by molar-refractivity contribution is -0.140. The number of carbonyl (C=O) groups is 3. The highest BCUT2D eigenvalue weighted by molar-refractivity contribution is 6.06. The predicted octanol–water partition coefficient (Wildman–Crippen LogP) is 4.32. The quantitative estimate of drug-likeness (QED) is 0.456. The highest BCUT2D eigenvalue weighted by Crippen LogP contribution is 2.59. The molecule has 2 fully saturated rings. The van der Waals surface area contributed by atoms with Crippen molar-refractivity contribution in [2.45, 2.75) is 92.4 Å². The van der Waals surface area contributed by atoms with Crippen LogP contribution in [0, 0.1) is 17.8 Å². The second kappa shape index (κ2) is 9.54. The number of carbonyl (C=O) groups excluding carboxylic acids is 3. The predicted molar refractivity (Wildman–Crippen MR) is 149 cm³/mol. The number of nitrogens with zero attached hydrogens (tertiary/aromatic N) is 5. The van der Waals surface area contributed by atoms with Gasteiger partial charge < -0.3 is 10.2 Å². The Morgan fingerprint density at radius 2 is 1.82 bits per heavy atom. The first kappa shape index (κ1) is 27.0. The standard InChI is InChI=1S/C30H38N6O3/c1-17(11-29(4,5)6)33-28(39)24-12-30(7)13-25(30)36(24)26(38)16-35-23-9-8-20(21-14-31-19(3)32-15-21)10-22(23)27(34-35)18(2)37/h8-10,14-15,17,24-25H,11-13,16H2,1-7H3,(H,33,39)/t17-,24-,25+,30-/m0/s1. The van der Waals surface area contributed by atoms with Crippen LogP contribution in [0.25, 0.3) is 22.0 Å². The number of rotatable bonds is 7. The Bertz CT molecular complexity index is 1450. The molecule has 4 atom stereocenters. The number of hydrogen-bond donors (Lipinski definition) is 1. The van der Waals surface area contributed by atoms with E-state index in [1.54, 1.807) is 22.0 Å². The molecule has 0 radical (unpaired) electrons. The second-order valence-electron chi connectivity index (χ2n) is 12.9. The first-order valence-corrected chi connectivity index (χ1v) is 13.7. The zero-order valence-corrected chi connectivity index (χ0v) is 23.9. The van der Waals surface area contributed by atoms with E-state index < -0.39 is 6.04 Å². The molecule has 1 saturated carbocycles. The lowest BCUT2D eigenvalue weighted by atomic mass is 9.88. The summed E-state index contributed by atoms with van der Waals surface area (Å²) >= 11 is 0. The summed E-state index contributed by atoms with van der Waals surface area (Å²) in [5.74, 6) is 0.262. The summed E-state index contributed by atoms with van der Waals surface area (Å²) in [4.78, 5) is 49.9. The fourth-order valence-electron chi connectivity index (χ4n) is 6.16. The van der Waals surface area contributed by atoms with Crippen LogP contribution < -0.4 is 5.32 Å². The minimum atomic E-state index is -0.495. The van der Waals surface area contributed by atoms with Gasteiger partial charge in [0.15, 0.2) is 5.78 Å². The molecule has 39 heavy (non-hydrogen) atoms. The molecule has 1 saturated heterocycles. The summed E-state index contributed by atoms with van der Waals surface area (Å²) in [5, 5.41) is 8.38. The van der Waals surface area contributed by atoms with Crippen LogP contribution in [0.3, 0.4) is 0 Å². The second-order valence-corrected chi connectivity index (χ2v) is 12.9. The molecule has 0 bridgehead atoms. The Morgan fingerprint density at radius 1 is 1.13 bits per heavy atom.